The Morgan fingerprint density at radius 1 is 1.07 bits per heavy atom. The van der Waals surface area contributed by atoms with Crippen LogP contribution < -0.4 is 0 Å². The Labute approximate surface area is 175 Å². The SMILES string of the molecule is O=C(c1ccc(CO)cc1)N1CCC2(CC1)OCCc1cn(-c3ccccc3)nc12. The minimum absolute atomic E-state index is 0.0179. The minimum Gasteiger partial charge on any atom is -0.392 e. The molecule has 2 aliphatic heterocycles. The second-order valence-electron chi connectivity index (χ2n) is 8.02. The molecule has 2 aromatic carbocycles. The number of hydrogen-bond acceptors (Lipinski definition) is 4. The highest BCUT2D eigenvalue weighted by molar-refractivity contribution is 5.94. The van der Waals surface area contributed by atoms with Gasteiger partial charge in [-0.15, -0.1) is 0 Å². The van der Waals surface area contributed by atoms with Crippen LogP contribution >= 0.6 is 0 Å². The second kappa shape index (κ2) is 7.70. The van der Waals surface area contributed by atoms with Crippen LogP contribution in [0.5, 0.6) is 0 Å². The molecule has 1 N–H and O–H groups in total. The first-order valence-corrected chi connectivity index (χ1v) is 10.5. The number of ether oxygens (including phenoxy) is 1. The van der Waals surface area contributed by atoms with Crippen molar-refractivity contribution in [1.29, 1.82) is 0 Å². The molecule has 2 aliphatic rings. The molecular formula is C24H25N3O3. The summed E-state index contributed by atoms with van der Waals surface area (Å²) in [6.07, 6.45) is 4.47. The Morgan fingerprint density at radius 2 is 1.80 bits per heavy atom. The molecule has 1 aromatic heterocycles. The first-order valence-electron chi connectivity index (χ1n) is 10.5. The fourth-order valence-corrected chi connectivity index (χ4v) is 4.50. The smallest absolute Gasteiger partial charge is 0.253 e. The van der Waals surface area contributed by atoms with Crippen molar-refractivity contribution in [3.05, 3.63) is 83.2 Å². The van der Waals surface area contributed by atoms with Gasteiger partial charge in [-0.1, -0.05) is 30.3 Å². The van der Waals surface area contributed by atoms with Gasteiger partial charge in [-0.05, 0) is 54.7 Å². The van der Waals surface area contributed by atoms with Gasteiger partial charge in [0.2, 0.25) is 0 Å². The lowest BCUT2D eigenvalue weighted by atomic mass is 9.83. The molecule has 3 aromatic rings. The number of aliphatic hydroxyl groups excluding tert-OH is 1. The van der Waals surface area contributed by atoms with Gasteiger partial charge in [0.05, 0.1) is 24.6 Å². The van der Waals surface area contributed by atoms with Crippen molar-refractivity contribution in [1.82, 2.24) is 14.7 Å². The van der Waals surface area contributed by atoms with Gasteiger partial charge in [0.15, 0.2) is 0 Å². The first kappa shape index (κ1) is 19.0. The number of piperidine rings is 1. The van der Waals surface area contributed by atoms with E-state index in [1.165, 1.54) is 5.56 Å². The fraction of sp³-hybridized carbons (Fsp3) is 0.333. The van der Waals surface area contributed by atoms with Gasteiger partial charge in [0.25, 0.3) is 5.91 Å². The number of aromatic nitrogens is 2. The monoisotopic (exact) mass is 403 g/mol. The van der Waals surface area contributed by atoms with Crippen molar-refractivity contribution in [2.45, 2.75) is 31.5 Å². The maximum absolute atomic E-state index is 12.9. The lowest BCUT2D eigenvalue weighted by Gasteiger charge is -2.43. The molecule has 3 heterocycles. The van der Waals surface area contributed by atoms with Crippen LogP contribution in [0.3, 0.4) is 0 Å². The van der Waals surface area contributed by atoms with Gasteiger partial charge in [-0.3, -0.25) is 4.79 Å². The average Bonchev–Trinajstić information content (AvgIpc) is 3.26. The molecule has 30 heavy (non-hydrogen) atoms. The summed E-state index contributed by atoms with van der Waals surface area (Å²) in [4.78, 5) is 14.8. The zero-order chi connectivity index (χ0) is 20.6. The van der Waals surface area contributed by atoms with Crippen LogP contribution in [0, 0.1) is 0 Å². The van der Waals surface area contributed by atoms with Crippen molar-refractivity contribution in [3.8, 4) is 5.69 Å². The molecule has 1 spiro atoms. The van der Waals surface area contributed by atoms with Crippen molar-refractivity contribution in [2.75, 3.05) is 19.7 Å². The first-order chi connectivity index (χ1) is 14.7. The van der Waals surface area contributed by atoms with Crippen molar-refractivity contribution < 1.29 is 14.6 Å². The third kappa shape index (κ3) is 3.32. The van der Waals surface area contributed by atoms with Gasteiger partial charge in [0, 0.05) is 24.8 Å². The number of benzene rings is 2. The Morgan fingerprint density at radius 3 is 2.50 bits per heavy atom. The van der Waals surface area contributed by atoms with Crippen molar-refractivity contribution in [2.24, 2.45) is 0 Å². The third-order valence-corrected chi connectivity index (χ3v) is 6.23. The number of carbonyl (C=O) groups excluding carboxylic acids is 1. The van der Waals surface area contributed by atoms with Crippen LogP contribution in [0.25, 0.3) is 5.69 Å². The summed E-state index contributed by atoms with van der Waals surface area (Å²) in [5.74, 6) is 0.0280. The van der Waals surface area contributed by atoms with Gasteiger partial charge < -0.3 is 14.7 Å². The van der Waals surface area contributed by atoms with E-state index in [1.54, 1.807) is 24.3 Å². The summed E-state index contributed by atoms with van der Waals surface area (Å²) in [7, 11) is 0. The molecule has 1 amide bonds. The zero-order valence-electron chi connectivity index (χ0n) is 16.8. The molecule has 0 unspecified atom stereocenters. The van der Waals surface area contributed by atoms with E-state index in [1.807, 2.05) is 27.8 Å². The molecule has 0 saturated carbocycles. The molecule has 5 rings (SSSR count). The van der Waals surface area contributed by atoms with E-state index >= 15 is 0 Å². The Hall–Kier alpha value is -2.96. The van der Waals surface area contributed by atoms with Crippen LogP contribution in [0.1, 0.15) is 40.0 Å². The number of fused-ring (bicyclic) bond motifs is 2. The summed E-state index contributed by atoms with van der Waals surface area (Å²) < 4.78 is 8.25. The summed E-state index contributed by atoms with van der Waals surface area (Å²) in [6, 6.07) is 17.3. The summed E-state index contributed by atoms with van der Waals surface area (Å²) in [6.45, 7) is 1.94. The van der Waals surface area contributed by atoms with Crippen LogP contribution in [-0.2, 0) is 23.4 Å². The molecule has 1 fully saturated rings. The van der Waals surface area contributed by atoms with E-state index in [0.29, 0.717) is 25.3 Å². The second-order valence-corrected chi connectivity index (χ2v) is 8.02. The van der Waals surface area contributed by atoms with Gasteiger partial charge in [-0.2, -0.15) is 5.10 Å². The molecule has 154 valence electrons. The number of carbonyl (C=O) groups is 1. The van der Waals surface area contributed by atoms with E-state index in [9.17, 15) is 9.90 Å². The van der Waals surface area contributed by atoms with Crippen molar-refractivity contribution in [3.63, 3.8) is 0 Å². The third-order valence-electron chi connectivity index (χ3n) is 6.23. The highest BCUT2D eigenvalue weighted by Crippen LogP contribution is 2.41. The number of rotatable bonds is 3. The predicted octanol–water partition coefficient (Wildman–Crippen LogP) is 3.07. The summed E-state index contributed by atoms with van der Waals surface area (Å²) >= 11 is 0. The maximum Gasteiger partial charge on any atom is 0.253 e. The summed E-state index contributed by atoms with van der Waals surface area (Å²) in [5, 5.41) is 14.1. The molecule has 6 nitrogen and oxygen atoms in total. The van der Waals surface area contributed by atoms with E-state index < -0.39 is 5.60 Å². The number of likely N-dealkylation sites (tertiary alicyclic amines) is 1. The van der Waals surface area contributed by atoms with E-state index in [2.05, 4.69) is 18.3 Å². The fourth-order valence-electron chi connectivity index (χ4n) is 4.50. The van der Waals surface area contributed by atoms with Crippen LogP contribution in [0.2, 0.25) is 0 Å². The molecular weight excluding hydrogens is 378 g/mol. The number of aliphatic hydroxyl groups is 1. The highest BCUT2D eigenvalue weighted by Gasteiger charge is 2.44. The molecule has 0 radical (unpaired) electrons. The minimum atomic E-state index is -0.412. The Bertz CT molecular complexity index is 1040. The standard InChI is InChI=1S/C24H25N3O3/c28-17-18-6-8-19(9-7-18)23(29)26-13-11-24(12-14-26)22-20(10-15-30-24)16-27(25-22)21-4-2-1-3-5-21/h1-9,16,28H,10-15,17H2. The zero-order valence-corrected chi connectivity index (χ0v) is 16.8. The molecule has 0 bridgehead atoms. The largest absolute Gasteiger partial charge is 0.392 e. The normalized spacial score (nSPS) is 17.7. The lowest BCUT2D eigenvalue weighted by molar-refractivity contribution is -0.0963. The molecule has 6 heteroatoms. The average molecular weight is 403 g/mol. The Balaban J connectivity index is 1.35. The number of hydrogen-bond donors (Lipinski definition) is 1. The highest BCUT2D eigenvalue weighted by atomic mass is 16.5. The summed E-state index contributed by atoms with van der Waals surface area (Å²) in [5.41, 5.74) is 4.36. The van der Waals surface area contributed by atoms with E-state index in [4.69, 9.17) is 9.84 Å². The van der Waals surface area contributed by atoms with Gasteiger partial charge >= 0.3 is 0 Å². The molecule has 0 atom stereocenters. The van der Waals surface area contributed by atoms with E-state index in [-0.39, 0.29) is 12.5 Å². The number of nitrogens with zero attached hydrogens (tertiary/aromatic N) is 3. The lowest BCUT2D eigenvalue weighted by Crippen LogP contribution is -2.48. The molecule has 1 saturated heterocycles. The van der Waals surface area contributed by atoms with E-state index in [0.717, 1.165) is 36.2 Å². The Kier molecular flexibility index (Phi) is 4.89. The number of para-hydroxylation sites is 1. The number of amides is 1. The quantitative estimate of drug-likeness (QED) is 0.730. The van der Waals surface area contributed by atoms with Gasteiger partial charge in [0.1, 0.15) is 5.60 Å². The van der Waals surface area contributed by atoms with Crippen LogP contribution in [0.4, 0.5) is 0 Å². The van der Waals surface area contributed by atoms with Gasteiger partial charge in [-0.25, -0.2) is 4.68 Å². The maximum atomic E-state index is 12.9. The van der Waals surface area contributed by atoms with Crippen LogP contribution in [0.15, 0.2) is 60.8 Å². The molecule has 0 aliphatic carbocycles. The topological polar surface area (TPSA) is 67.6 Å². The van der Waals surface area contributed by atoms with Crippen LogP contribution in [-0.4, -0.2) is 45.4 Å². The van der Waals surface area contributed by atoms with Crippen molar-refractivity contribution >= 4 is 5.91 Å². The predicted molar refractivity (Wildman–Crippen MR) is 112 cm³/mol.